The van der Waals surface area contributed by atoms with E-state index in [1.54, 1.807) is 49.6 Å². The van der Waals surface area contributed by atoms with E-state index in [1.165, 1.54) is 0 Å². The van der Waals surface area contributed by atoms with Crippen LogP contribution in [0.2, 0.25) is 0 Å². The van der Waals surface area contributed by atoms with Gasteiger partial charge in [0.05, 0.1) is 10.7 Å². The van der Waals surface area contributed by atoms with Crippen molar-refractivity contribution in [2.75, 3.05) is 12.4 Å². The summed E-state index contributed by atoms with van der Waals surface area (Å²) in [5.74, 6) is 0.301. The predicted octanol–water partition coefficient (Wildman–Crippen LogP) is 4.08. The van der Waals surface area contributed by atoms with Gasteiger partial charge < -0.3 is 15.4 Å². The van der Waals surface area contributed by atoms with Crippen molar-refractivity contribution >= 4 is 40.1 Å². The fourth-order valence-corrected chi connectivity index (χ4v) is 2.90. The highest BCUT2D eigenvalue weighted by Gasteiger charge is 2.16. The van der Waals surface area contributed by atoms with Crippen molar-refractivity contribution in [3.05, 3.63) is 57.2 Å². The summed E-state index contributed by atoms with van der Waals surface area (Å²) in [5, 5.41) is 5.72. The quantitative estimate of drug-likeness (QED) is 0.688. The van der Waals surface area contributed by atoms with Crippen LogP contribution >= 0.6 is 22.6 Å². The van der Waals surface area contributed by atoms with Crippen molar-refractivity contribution in [2.45, 2.75) is 26.3 Å². The summed E-state index contributed by atoms with van der Waals surface area (Å²) >= 11 is 2.12. The standard InChI is InChI=1S/C19H21IN2O3/c1-19(2,3)22-18(24)12-6-5-7-14(10-12)21-17(23)13-8-9-16(25-4)15(20)11-13/h5-11H,1-4H3,(H,21,23)(H,22,24). The number of rotatable bonds is 4. The van der Waals surface area contributed by atoms with Crippen LogP contribution < -0.4 is 15.4 Å². The molecule has 0 radical (unpaired) electrons. The minimum atomic E-state index is -0.323. The molecule has 0 saturated carbocycles. The van der Waals surface area contributed by atoms with Crippen LogP contribution in [0.4, 0.5) is 5.69 Å². The van der Waals surface area contributed by atoms with E-state index in [0.29, 0.717) is 16.8 Å². The number of ether oxygens (including phenoxy) is 1. The van der Waals surface area contributed by atoms with E-state index in [9.17, 15) is 9.59 Å². The molecule has 6 heteroatoms. The molecule has 0 bridgehead atoms. The number of halogens is 1. The molecule has 0 aliphatic rings. The van der Waals surface area contributed by atoms with Crippen LogP contribution in [0, 0.1) is 3.57 Å². The Morgan fingerprint density at radius 2 is 1.68 bits per heavy atom. The van der Waals surface area contributed by atoms with Gasteiger partial charge in [0.15, 0.2) is 0 Å². The van der Waals surface area contributed by atoms with Crippen LogP contribution in [0.25, 0.3) is 0 Å². The summed E-state index contributed by atoms with van der Waals surface area (Å²) in [5.41, 5.74) is 1.26. The minimum Gasteiger partial charge on any atom is -0.496 e. The molecule has 0 unspecified atom stereocenters. The fourth-order valence-electron chi connectivity index (χ4n) is 2.16. The SMILES string of the molecule is COc1ccc(C(=O)Nc2cccc(C(=O)NC(C)(C)C)c2)cc1I. The summed E-state index contributed by atoms with van der Waals surface area (Å²) in [7, 11) is 1.59. The van der Waals surface area contributed by atoms with Crippen molar-refractivity contribution in [1.29, 1.82) is 0 Å². The topological polar surface area (TPSA) is 67.4 Å². The van der Waals surface area contributed by atoms with Crippen molar-refractivity contribution < 1.29 is 14.3 Å². The van der Waals surface area contributed by atoms with Crippen LogP contribution in [0.15, 0.2) is 42.5 Å². The van der Waals surface area contributed by atoms with Crippen LogP contribution in [0.1, 0.15) is 41.5 Å². The first-order valence-electron chi connectivity index (χ1n) is 7.77. The summed E-state index contributed by atoms with van der Waals surface area (Å²) in [4.78, 5) is 24.7. The lowest BCUT2D eigenvalue weighted by Crippen LogP contribution is -2.40. The molecule has 5 nitrogen and oxygen atoms in total. The average Bonchev–Trinajstić information content (AvgIpc) is 2.53. The Bertz CT molecular complexity index is 797. The van der Waals surface area contributed by atoms with Crippen LogP contribution in [-0.4, -0.2) is 24.5 Å². The maximum atomic E-state index is 12.4. The Kier molecular flexibility index (Phi) is 6.05. The Morgan fingerprint density at radius 3 is 2.28 bits per heavy atom. The van der Waals surface area contributed by atoms with E-state index in [2.05, 4.69) is 33.2 Å². The second-order valence-corrected chi connectivity index (χ2v) is 7.75. The van der Waals surface area contributed by atoms with E-state index in [0.717, 1.165) is 9.32 Å². The molecule has 0 heterocycles. The molecule has 2 aromatic carbocycles. The number of hydrogen-bond donors (Lipinski definition) is 2. The maximum Gasteiger partial charge on any atom is 0.255 e. The Balaban J connectivity index is 2.15. The van der Waals surface area contributed by atoms with Gasteiger partial charge in [0, 0.05) is 22.4 Å². The van der Waals surface area contributed by atoms with Gasteiger partial charge >= 0.3 is 0 Å². The number of carbonyl (C=O) groups excluding carboxylic acids is 2. The number of hydrogen-bond acceptors (Lipinski definition) is 3. The van der Waals surface area contributed by atoms with Crippen molar-refractivity contribution in [1.82, 2.24) is 5.32 Å². The zero-order valence-corrected chi connectivity index (χ0v) is 16.8. The van der Waals surface area contributed by atoms with Gasteiger partial charge in [-0.15, -0.1) is 0 Å². The third-order valence-corrected chi connectivity index (χ3v) is 4.13. The molecule has 0 fully saturated rings. The Morgan fingerprint density at radius 1 is 1.00 bits per heavy atom. The van der Waals surface area contributed by atoms with Crippen molar-refractivity contribution in [2.24, 2.45) is 0 Å². The van der Waals surface area contributed by atoms with Gasteiger partial charge in [-0.1, -0.05) is 6.07 Å². The average molecular weight is 452 g/mol. The summed E-state index contributed by atoms with van der Waals surface area (Å²) in [6.45, 7) is 5.76. The largest absolute Gasteiger partial charge is 0.496 e. The monoisotopic (exact) mass is 452 g/mol. The number of nitrogens with one attached hydrogen (secondary N) is 2. The molecular weight excluding hydrogens is 431 g/mol. The van der Waals surface area contributed by atoms with Gasteiger partial charge in [-0.3, -0.25) is 9.59 Å². The first-order valence-corrected chi connectivity index (χ1v) is 8.85. The third kappa shape index (κ3) is 5.45. The molecule has 0 atom stereocenters. The first kappa shape index (κ1) is 19.2. The first-order chi connectivity index (χ1) is 11.7. The highest BCUT2D eigenvalue weighted by atomic mass is 127. The van der Waals surface area contributed by atoms with E-state index in [4.69, 9.17) is 4.74 Å². The Hall–Kier alpha value is -2.09. The summed E-state index contributed by atoms with van der Waals surface area (Å²) in [6.07, 6.45) is 0. The highest BCUT2D eigenvalue weighted by molar-refractivity contribution is 14.1. The van der Waals surface area contributed by atoms with E-state index < -0.39 is 0 Å². The van der Waals surface area contributed by atoms with E-state index in [-0.39, 0.29) is 17.4 Å². The zero-order chi connectivity index (χ0) is 18.6. The van der Waals surface area contributed by atoms with Crippen LogP contribution in [0.5, 0.6) is 5.75 Å². The number of anilines is 1. The molecular formula is C19H21IN2O3. The number of carbonyl (C=O) groups is 2. The molecule has 2 aromatic rings. The van der Waals surface area contributed by atoms with E-state index in [1.807, 2.05) is 20.8 Å². The molecule has 0 aliphatic carbocycles. The zero-order valence-electron chi connectivity index (χ0n) is 14.6. The number of methoxy groups -OCH3 is 1. The molecule has 0 aromatic heterocycles. The van der Waals surface area contributed by atoms with Gasteiger partial charge in [-0.05, 0) is 79.8 Å². The maximum absolute atomic E-state index is 12.4. The highest BCUT2D eigenvalue weighted by Crippen LogP contribution is 2.22. The summed E-state index contributed by atoms with van der Waals surface area (Å²) < 4.78 is 6.05. The number of amides is 2. The third-order valence-electron chi connectivity index (χ3n) is 3.29. The van der Waals surface area contributed by atoms with Gasteiger partial charge in [0.25, 0.3) is 11.8 Å². The minimum absolute atomic E-state index is 0.178. The second-order valence-electron chi connectivity index (χ2n) is 6.59. The van der Waals surface area contributed by atoms with Gasteiger partial charge in [0.1, 0.15) is 5.75 Å². The Labute approximate surface area is 161 Å². The van der Waals surface area contributed by atoms with Gasteiger partial charge in [-0.2, -0.15) is 0 Å². The van der Waals surface area contributed by atoms with E-state index >= 15 is 0 Å². The second kappa shape index (κ2) is 7.86. The molecule has 2 rings (SSSR count). The molecule has 0 aliphatic heterocycles. The van der Waals surface area contributed by atoms with Crippen molar-refractivity contribution in [3.8, 4) is 5.75 Å². The molecule has 2 N–H and O–H groups in total. The number of benzene rings is 2. The lowest BCUT2D eigenvalue weighted by Gasteiger charge is -2.20. The fraction of sp³-hybridized carbons (Fsp3) is 0.263. The lowest BCUT2D eigenvalue weighted by atomic mass is 10.1. The van der Waals surface area contributed by atoms with Gasteiger partial charge in [0.2, 0.25) is 0 Å². The van der Waals surface area contributed by atoms with Crippen molar-refractivity contribution in [3.63, 3.8) is 0 Å². The smallest absolute Gasteiger partial charge is 0.255 e. The van der Waals surface area contributed by atoms with Gasteiger partial charge in [-0.25, -0.2) is 0 Å². The normalized spacial score (nSPS) is 10.9. The molecule has 0 saturated heterocycles. The van der Waals surface area contributed by atoms with Crippen LogP contribution in [0.3, 0.4) is 0 Å². The molecule has 2 amide bonds. The predicted molar refractivity (Wildman–Crippen MR) is 107 cm³/mol. The summed E-state index contributed by atoms with van der Waals surface area (Å²) in [6, 6.07) is 12.1. The van der Waals surface area contributed by atoms with Crippen LogP contribution in [-0.2, 0) is 0 Å². The molecule has 25 heavy (non-hydrogen) atoms. The molecule has 132 valence electrons. The lowest BCUT2D eigenvalue weighted by molar-refractivity contribution is 0.0918. The molecule has 0 spiro atoms.